The molecule has 0 amide bonds. The molecule has 0 spiro atoms. The Morgan fingerprint density at radius 1 is 1.12 bits per heavy atom. The molecule has 1 saturated heterocycles. The summed E-state index contributed by atoms with van der Waals surface area (Å²) < 4.78 is 42.4. The lowest BCUT2D eigenvalue weighted by molar-refractivity contribution is -0.138. The SMILES string of the molecule is C[C@H]1CCCC[C@H]1n1c(O[C@H]2C[C@@H](C(=O)O)N(c3nc(C(F)F)nc4c3oc3ccccc34)C2)nc2cccc(Cl)c21. The van der Waals surface area contributed by atoms with E-state index in [9.17, 15) is 18.7 Å². The molecule has 9 nitrogen and oxygen atoms in total. The Hall–Kier alpha value is -3.99. The number of fused-ring (bicyclic) bond motifs is 4. The number of aromatic nitrogens is 4. The summed E-state index contributed by atoms with van der Waals surface area (Å²) in [6.45, 7) is 2.28. The summed E-state index contributed by atoms with van der Waals surface area (Å²) in [4.78, 5) is 26.9. The van der Waals surface area contributed by atoms with Gasteiger partial charge in [-0.2, -0.15) is 4.98 Å². The molecule has 1 aliphatic carbocycles. The molecule has 1 aliphatic heterocycles. The molecule has 42 heavy (non-hydrogen) atoms. The van der Waals surface area contributed by atoms with Crippen molar-refractivity contribution in [3.8, 4) is 6.01 Å². The van der Waals surface area contributed by atoms with Gasteiger partial charge in [0.25, 0.3) is 12.4 Å². The zero-order chi connectivity index (χ0) is 29.1. The third-order valence-corrected chi connectivity index (χ3v) is 8.84. The summed E-state index contributed by atoms with van der Waals surface area (Å²) >= 11 is 6.67. The van der Waals surface area contributed by atoms with E-state index in [1.807, 2.05) is 18.2 Å². The minimum absolute atomic E-state index is 0.00227. The molecule has 7 rings (SSSR count). The maximum atomic E-state index is 13.9. The Kier molecular flexibility index (Phi) is 6.64. The number of anilines is 1. The van der Waals surface area contributed by atoms with Crippen LogP contribution in [-0.2, 0) is 4.79 Å². The van der Waals surface area contributed by atoms with Crippen LogP contribution in [0.5, 0.6) is 6.01 Å². The molecule has 0 bridgehead atoms. The first-order chi connectivity index (χ1) is 20.3. The third-order valence-electron chi connectivity index (χ3n) is 8.53. The number of hydrogen-bond acceptors (Lipinski definition) is 7. The third kappa shape index (κ3) is 4.41. The summed E-state index contributed by atoms with van der Waals surface area (Å²) in [5.74, 6) is -1.44. The Morgan fingerprint density at radius 2 is 1.93 bits per heavy atom. The van der Waals surface area contributed by atoms with Crippen molar-refractivity contribution >= 4 is 56.5 Å². The number of furan rings is 1. The number of rotatable bonds is 6. The van der Waals surface area contributed by atoms with E-state index in [2.05, 4.69) is 21.5 Å². The first-order valence-electron chi connectivity index (χ1n) is 14.1. The highest BCUT2D eigenvalue weighted by Crippen LogP contribution is 2.42. The molecule has 5 aromatic rings. The minimum atomic E-state index is -2.96. The molecule has 1 saturated carbocycles. The topological polar surface area (TPSA) is 107 Å². The second kappa shape index (κ2) is 10.4. The van der Waals surface area contributed by atoms with Crippen LogP contribution in [0.1, 0.15) is 57.3 Å². The number of benzene rings is 2. The zero-order valence-corrected chi connectivity index (χ0v) is 23.5. The van der Waals surface area contributed by atoms with Crippen LogP contribution in [-0.4, -0.2) is 49.3 Å². The van der Waals surface area contributed by atoms with Crippen molar-refractivity contribution in [3.63, 3.8) is 0 Å². The summed E-state index contributed by atoms with van der Waals surface area (Å²) in [5, 5.41) is 11.3. The van der Waals surface area contributed by atoms with Gasteiger partial charge in [-0.1, -0.05) is 49.6 Å². The maximum absolute atomic E-state index is 13.9. The molecule has 0 radical (unpaired) electrons. The van der Waals surface area contributed by atoms with E-state index in [-0.39, 0.29) is 35.9 Å². The summed E-state index contributed by atoms with van der Waals surface area (Å²) in [7, 11) is 0. The van der Waals surface area contributed by atoms with E-state index in [1.165, 1.54) is 4.90 Å². The van der Waals surface area contributed by atoms with Crippen LogP contribution in [0.2, 0.25) is 5.02 Å². The molecule has 4 heterocycles. The zero-order valence-electron chi connectivity index (χ0n) is 22.7. The fraction of sp³-hybridized carbons (Fsp3) is 0.400. The monoisotopic (exact) mass is 595 g/mol. The van der Waals surface area contributed by atoms with Crippen molar-refractivity contribution in [2.75, 3.05) is 11.4 Å². The van der Waals surface area contributed by atoms with Crippen molar-refractivity contribution in [2.24, 2.45) is 5.92 Å². The Balaban J connectivity index is 1.30. The number of carboxylic acids is 1. The number of alkyl halides is 2. The summed E-state index contributed by atoms with van der Waals surface area (Å²) in [6, 6.07) is 11.9. The number of para-hydroxylation sites is 2. The van der Waals surface area contributed by atoms with Gasteiger partial charge in [0.2, 0.25) is 0 Å². The molecule has 218 valence electrons. The highest BCUT2D eigenvalue weighted by Gasteiger charge is 2.42. The lowest BCUT2D eigenvalue weighted by atomic mass is 9.85. The van der Waals surface area contributed by atoms with Gasteiger partial charge in [0.05, 0.1) is 22.6 Å². The number of halogens is 3. The van der Waals surface area contributed by atoms with E-state index >= 15 is 0 Å². The number of hydrogen-bond donors (Lipinski definition) is 1. The lowest BCUT2D eigenvalue weighted by Crippen LogP contribution is -2.37. The van der Waals surface area contributed by atoms with Gasteiger partial charge in [0, 0.05) is 17.8 Å². The number of aliphatic carboxylic acids is 1. The van der Waals surface area contributed by atoms with Gasteiger partial charge in [-0.15, -0.1) is 0 Å². The number of nitrogens with zero attached hydrogens (tertiary/aromatic N) is 5. The van der Waals surface area contributed by atoms with Gasteiger partial charge in [-0.3, -0.25) is 4.57 Å². The quantitative estimate of drug-likeness (QED) is 0.220. The molecular formula is C30H28ClF2N5O4. The van der Waals surface area contributed by atoms with Crippen LogP contribution < -0.4 is 9.64 Å². The molecule has 12 heteroatoms. The van der Waals surface area contributed by atoms with Gasteiger partial charge >= 0.3 is 5.97 Å². The van der Waals surface area contributed by atoms with Crippen molar-refractivity contribution in [2.45, 2.75) is 63.6 Å². The standard InChI is InChI=1S/C30H28ClF2N5O4/c1-15-7-2-4-11-20(15)38-24-18(31)9-6-10-19(24)34-30(38)41-16-13-21(29(39)40)37(14-16)28-25-23(35-27(36-28)26(32)33)17-8-3-5-12-22(17)42-25/h3,5-6,8-10,12,15-16,20-21,26H,2,4,7,11,13-14H2,1H3,(H,39,40)/t15-,16-,20+,21-/m0/s1. The maximum Gasteiger partial charge on any atom is 0.326 e. The lowest BCUT2D eigenvalue weighted by Gasteiger charge is -2.31. The van der Waals surface area contributed by atoms with Crippen LogP contribution in [0.15, 0.2) is 46.9 Å². The average Bonchev–Trinajstić information content (AvgIpc) is 3.67. The highest BCUT2D eigenvalue weighted by atomic mass is 35.5. The van der Waals surface area contributed by atoms with Crippen LogP contribution in [0.3, 0.4) is 0 Å². The van der Waals surface area contributed by atoms with Crippen LogP contribution in [0.4, 0.5) is 14.6 Å². The van der Waals surface area contributed by atoms with E-state index < -0.39 is 30.4 Å². The fourth-order valence-corrected chi connectivity index (χ4v) is 6.80. The van der Waals surface area contributed by atoms with Gasteiger partial charge in [0.15, 0.2) is 17.2 Å². The summed E-state index contributed by atoms with van der Waals surface area (Å²) in [6.07, 6.45) is 0.754. The van der Waals surface area contributed by atoms with Gasteiger partial charge in [-0.05, 0) is 43.0 Å². The van der Waals surface area contributed by atoms with Crippen LogP contribution in [0.25, 0.3) is 33.1 Å². The highest BCUT2D eigenvalue weighted by molar-refractivity contribution is 6.35. The van der Waals surface area contributed by atoms with E-state index in [0.29, 0.717) is 33.4 Å². The largest absolute Gasteiger partial charge is 0.480 e. The summed E-state index contributed by atoms with van der Waals surface area (Å²) in [5.41, 5.74) is 2.30. The van der Waals surface area contributed by atoms with Gasteiger partial charge < -0.3 is 19.2 Å². The fourth-order valence-electron chi connectivity index (χ4n) is 6.54. The van der Waals surface area contributed by atoms with Crippen LogP contribution >= 0.6 is 11.6 Å². The Morgan fingerprint density at radius 3 is 2.71 bits per heavy atom. The number of carbonyl (C=O) groups is 1. The van der Waals surface area contributed by atoms with Crippen molar-refractivity contribution in [1.29, 1.82) is 0 Å². The average molecular weight is 596 g/mol. The predicted octanol–water partition coefficient (Wildman–Crippen LogP) is 7.18. The van der Waals surface area contributed by atoms with Crippen molar-refractivity contribution < 1.29 is 27.8 Å². The Labute approximate surface area is 244 Å². The van der Waals surface area contributed by atoms with E-state index in [4.69, 9.17) is 25.7 Å². The Bertz CT molecular complexity index is 1820. The second-order valence-corrected chi connectivity index (χ2v) is 11.6. The van der Waals surface area contributed by atoms with E-state index in [1.54, 1.807) is 24.3 Å². The molecular weight excluding hydrogens is 568 g/mol. The smallest absolute Gasteiger partial charge is 0.326 e. The van der Waals surface area contributed by atoms with E-state index in [0.717, 1.165) is 31.2 Å². The number of ether oxygens (including phenoxy) is 1. The predicted molar refractivity (Wildman–Crippen MR) is 153 cm³/mol. The van der Waals surface area contributed by atoms with Gasteiger partial charge in [-0.25, -0.2) is 23.5 Å². The molecule has 2 aromatic carbocycles. The van der Waals surface area contributed by atoms with Crippen molar-refractivity contribution in [1.82, 2.24) is 19.5 Å². The normalized spacial score (nSPS) is 23.0. The van der Waals surface area contributed by atoms with Gasteiger partial charge in [0.1, 0.15) is 23.2 Å². The molecule has 2 fully saturated rings. The van der Waals surface area contributed by atoms with Crippen LogP contribution in [0, 0.1) is 5.92 Å². The first-order valence-corrected chi connectivity index (χ1v) is 14.5. The molecule has 1 N–H and O–H groups in total. The molecule has 2 aliphatic rings. The minimum Gasteiger partial charge on any atom is -0.480 e. The number of carboxylic acid groups (broad SMARTS) is 1. The van der Waals surface area contributed by atoms with Crippen molar-refractivity contribution in [3.05, 3.63) is 53.3 Å². The molecule has 0 unspecified atom stereocenters. The number of imidazole rings is 1. The molecule has 3 aromatic heterocycles. The molecule has 4 atom stereocenters. The first kappa shape index (κ1) is 26.9. The second-order valence-electron chi connectivity index (χ2n) is 11.2.